The average molecular weight is 271 g/mol. The van der Waals surface area contributed by atoms with Crippen molar-refractivity contribution in [1.29, 1.82) is 0 Å². The second-order valence-corrected chi connectivity index (χ2v) is 4.21. The summed E-state index contributed by atoms with van der Waals surface area (Å²) in [6.07, 6.45) is 0. The van der Waals surface area contributed by atoms with E-state index in [1.807, 2.05) is 30.3 Å². The fourth-order valence-corrected chi connectivity index (χ4v) is 1.71. The van der Waals surface area contributed by atoms with E-state index in [1.54, 1.807) is 6.07 Å². The van der Waals surface area contributed by atoms with Crippen LogP contribution < -0.4 is 0 Å². The first-order valence-corrected chi connectivity index (χ1v) is 6.06. The van der Waals surface area contributed by atoms with Crippen LogP contribution in [0.2, 0.25) is 0 Å². The Kier molecular flexibility index (Phi) is 4.57. The second kappa shape index (κ2) is 6.58. The van der Waals surface area contributed by atoms with Crippen LogP contribution >= 0.6 is 0 Å². The molecule has 0 fully saturated rings. The summed E-state index contributed by atoms with van der Waals surface area (Å²) >= 11 is 0. The third kappa shape index (κ3) is 3.73. The summed E-state index contributed by atoms with van der Waals surface area (Å²) in [5.74, 6) is -0.273. The van der Waals surface area contributed by atoms with Gasteiger partial charge in [-0.1, -0.05) is 42.5 Å². The third-order valence-electron chi connectivity index (χ3n) is 2.72. The van der Waals surface area contributed by atoms with Crippen molar-refractivity contribution in [3.63, 3.8) is 0 Å². The van der Waals surface area contributed by atoms with Gasteiger partial charge in [0.25, 0.3) is 5.69 Å². The van der Waals surface area contributed by atoms with Crippen molar-refractivity contribution in [3.8, 4) is 0 Å². The molecule has 2 aromatic carbocycles. The molecule has 102 valence electrons. The summed E-state index contributed by atoms with van der Waals surface area (Å²) < 4.78 is 5.32. The van der Waals surface area contributed by atoms with Crippen LogP contribution in [0.4, 0.5) is 5.69 Å². The summed E-state index contributed by atoms with van der Waals surface area (Å²) in [6.45, 7) is 0.234. The van der Waals surface area contributed by atoms with E-state index < -0.39 is 4.92 Å². The summed E-state index contributed by atoms with van der Waals surface area (Å²) in [4.78, 5) is 22.0. The lowest BCUT2D eigenvalue weighted by atomic mass is 10.1. The van der Waals surface area contributed by atoms with Crippen LogP contribution in [0, 0.1) is 10.1 Å². The molecule has 0 heterocycles. The highest BCUT2D eigenvalue weighted by molar-refractivity contribution is 5.97. The summed E-state index contributed by atoms with van der Waals surface area (Å²) in [7, 11) is 0. The number of rotatable bonds is 6. The highest BCUT2D eigenvalue weighted by atomic mass is 16.6. The Morgan fingerprint density at radius 2 is 1.85 bits per heavy atom. The van der Waals surface area contributed by atoms with Crippen LogP contribution in [-0.4, -0.2) is 17.3 Å². The molecule has 0 radical (unpaired) electrons. The Morgan fingerprint density at radius 3 is 2.55 bits per heavy atom. The predicted molar refractivity (Wildman–Crippen MR) is 73.5 cm³/mol. The van der Waals surface area contributed by atoms with Gasteiger partial charge >= 0.3 is 0 Å². The maximum Gasteiger partial charge on any atom is 0.270 e. The second-order valence-electron chi connectivity index (χ2n) is 4.21. The van der Waals surface area contributed by atoms with Crippen molar-refractivity contribution in [3.05, 3.63) is 75.8 Å². The smallest absolute Gasteiger partial charge is 0.270 e. The van der Waals surface area contributed by atoms with Gasteiger partial charge in [0.2, 0.25) is 0 Å². The zero-order valence-electron chi connectivity index (χ0n) is 10.7. The van der Waals surface area contributed by atoms with Crippen molar-refractivity contribution in [2.45, 2.75) is 6.61 Å². The largest absolute Gasteiger partial charge is 0.369 e. The molecule has 0 aliphatic rings. The summed E-state index contributed by atoms with van der Waals surface area (Å²) in [6, 6.07) is 15.1. The number of hydrogen-bond acceptors (Lipinski definition) is 4. The van der Waals surface area contributed by atoms with Gasteiger partial charge in [0, 0.05) is 17.7 Å². The monoisotopic (exact) mass is 271 g/mol. The molecule has 0 aliphatic carbocycles. The summed E-state index contributed by atoms with van der Waals surface area (Å²) in [5.41, 5.74) is 1.16. The van der Waals surface area contributed by atoms with E-state index in [0.717, 1.165) is 5.56 Å². The number of non-ortho nitro benzene ring substituents is 1. The minimum absolute atomic E-state index is 0.0982. The van der Waals surface area contributed by atoms with Crippen LogP contribution in [0.3, 0.4) is 0 Å². The molecule has 0 unspecified atom stereocenters. The van der Waals surface area contributed by atoms with Gasteiger partial charge in [-0.05, 0) is 5.56 Å². The molecular weight excluding hydrogens is 258 g/mol. The van der Waals surface area contributed by atoms with Crippen molar-refractivity contribution in [2.75, 3.05) is 6.61 Å². The van der Waals surface area contributed by atoms with Gasteiger partial charge in [-0.2, -0.15) is 0 Å². The predicted octanol–water partition coefficient (Wildman–Crippen LogP) is 2.99. The molecule has 2 rings (SSSR count). The van der Waals surface area contributed by atoms with E-state index in [2.05, 4.69) is 0 Å². The number of ketones is 1. The van der Waals surface area contributed by atoms with Crippen LogP contribution in [0.1, 0.15) is 15.9 Å². The van der Waals surface area contributed by atoms with Gasteiger partial charge < -0.3 is 4.74 Å². The maximum absolute atomic E-state index is 11.9. The molecule has 5 nitrogen and oxygen atoms in total. The van der Waals surface area contributed by atoms with E-state index >= 15 is 0 Å². The Labute approximate surface area is 116 Å². The normalized spacial score (nSPS) is 10.2. The van der Waals surface area contributed by atoms with E-state index in [9.17, 15) is 14.9 Å². The van der Waals surface area contributed by atoms with Crippen LogP contribution in [0.15, 0.2) is 54.6 Å². The number of nitro benzene ring substituents is 1. The van der Waals surface area contributed by atoms with Gasteiger partial charge in [-0.3, -0.25) is 14.9 Å². The number of nitrogens with zero attached hydrogens (tertiary/aromatic N) is 1. The number of Topliss-reactive ketones (excluding diaryl/α,β-unsaturated/α-hetero) is 1. The average Bonchev–Trinajstić information content (AvgIpc) is 2.48. The molecule has 0 amide bonds. The molecule has 0 spiro atoms. The number of carbonyl (C=O) groups excluding carboxylic acids is 1. The minimum Gasteiger partial charge on any atom is -0.369 e. The molecule has 5 heteroatoms. The van der Waals surface area contributed by atoms with Gasteiger partial charge in [-0.15, -0.1) is 0 Å². The van der Waals surface area contributed by atoms with E-state index in [4.69, 9.17) is 4.74 Å². The molecule has 2 aromatic rings. The number of ether oxygens (including phenoxy) is 1. The first kappa shape index (κ1) is 13.9. The first-order valence-electron chi connectivity index (χ1n) is 6.06. The zero-order valence-corrected chi connectivity index (χ0v) is 10.7. The molecule has 0 bridgehead atoms. The molecule has 0 N–H and O–H groups in total. The lowest BCUT2D eigenvalue weighted by Gasteiger charge is -2.04. The molecule has 20 heavy (non-hydrogen) atoms. The molecule has 0 aromatic heterocycles. The SMILES string of the molecule is O=C(COCc1ccccc1)c1cccc([N+](=O)[O-])c1. The topological polar surface area (TPSA) is 69.4 Å². The quantitative estimate of drug-likeness (QED) is 0.460. The number of benzene rings is 2. The van der Waals surface area contributed by atoms with E-state index in [1.165, 1.54) is 18.2 Å². The Bertz CT molecular complexity index is 610. The van der Waals surface area contributed by atoms with Crippen LogP contribution in [0.5, 0.6) is 0 Å². The summed E-state index contributed by atoms with van der Waals surface area (Å²) in [5, 5.41) is 10.6. The van der Waals surface area contributed by atoms with Crippen LogP contribution in [-0.2, 0) is 11.3 Å². The molecule has 0 saturated heterocycles. The lowest BCUT2D eigenvalue weighted by molar-refractivity contribution is -0.384. The van der Waals surface area contributed by atoms with Crippen molar-refractivity contribution in [2.24, 2.45) is 0 Å². The van der Waals surface area contributed by atoms with Gasteiger partial charge in [0.1, 0.15) is 6.61 Å². The Balaban J connectivity index is 1.92. The van der Waals surface area contributed by atoms with E-state index in [0.29, 0.717) is 6.61 Å². The van der Waals surface area contributed by atoms with Crippen molar-refractivity contribution < 1.29 is 14.5 Å². The molecular formula is C15H13NO4. The van der Waals surface area contributed by atoms with Crippen LogP contribution in [0.25, 0.3) is 0 Å². The van der Waals surface area contributed by atoms with Crippen molar-refractivity contribution in [1.82, 2.24) is 0 Å². The molecule has 0 aliphatic heterocycles. The van der Waals surface area contributed by atoms with Gasteiger partial charge in [0.05, 0.1) is 11.5 Å². The molecule has 0 saturated carbocycles. The van der Waals surface area contributed by atoms with Crippen molar-refractivity contribution >= 4 is 11.5 Å². The fraction of sp³-hybridized carbons (Fsp3) is 0.133. The number of hydrogen-bond donors (Lipinski definition) is 0. The Morgan fingerprint density at radius 1 is 1.10 bits per heavy atom. The molecule has 0 atom stereocenters. The third-order valence-corrected chi connectivity index (χ3v) is 2.72. The maximum atomic E-state index is 11.9. The number of nitro groups is 1. The highest BCUT2D eigenvalue weighted by Gasteiger charge is 2.11. The van der Waals surface area contributed by atoms with E-state index in [-0.39, 0.29) is 23.6 Å². The zero-order chi connectivity index (χ0) is 14.4. The number of carbonyl (C=O) groups is 1. The van der Waals surface area contributed by atoms with Gasteiger partial charge in [-0.25, -0.2) is 0 Å². The highest BCUT2D eigenvalue weighted by Crippen LogP contribution is 2.13. The van der Waals surface area contributed by atoms with Gasteiger partial charge in [0.15, 0.2) is 5.78 Å². The minimum atomic E-state index is -0.526. The first-order chi connectivity index (χ1) is 9.66. The fourth-order valence-electron chi connectivity index (χ4n) is 1.71. The standard InChI is InChI=1S/C15H13NO4/c17-15(11-20-10-12-5-2-1-3-6-12)13-7-4-8-14(9-13)16(18)19/h1-9H,10-11H2. The Hall–Kier alpha value is -2.53. The lowest BCUT2D eigenvalue weighted by Crippen LogP contribution is -2.09.